The molecule has 3 heterocycles. The average Bonchev–Trinajstić information content (AvgIpc) is 3.14. The quantitative estimate of drug-likeness (QED) is 0.893. The molecule has 4 rings (SSSR count). The van der Waals surface area contributed by atoms with E-state index in [9.17, 15) is 4.79 Å². The first-order valence-electron chi connectivity index (χ1n) is 7.26. The monoisotopic (exact) mass is 270 g/mol. The maximum Gasteiger partial charge on any atom is 0.231 e. The summed E-state index contributed by atoms with van der Waals surface area (Å²) in [5, 5.41) is 8.80. The SMILES string of the molecule is CCn1ncc2c(N3CC4CNCC4C3=O)cccc21. The third kappa shape index (κ3) is 1.53. The second kappa shape index (κ2) is 4.31. The summed E-state index contributed by atoms with van der Waals surface area (Å²) in [6, 6.07) is 6.12. The Hall–Kier alpha value is -1.88. The smallest absolute Gasteiger partial charge is 0.231 e. The highest BCUT2D eigenvalue weighted by Crippen LogP contribution is 2.35. The number of rotatable bonds is 2. The first-order valence-corrected chi connectivity index (χ1v) is 7.26. The van der Waals surface area contributed by atoms with Crippen LogP contribution in [-0.4, -0.2) is 35.3 Å². The molecule has 1 amide bonds. The Kier molecular flexibility index (Phi) is 2.57. The van der Waals surface area contributed by atoms with Crippen molar-refractivity contribution in [1.82, 2.24) is 15.1 Å². The molecule has 2 unspecified atom stereocenters. The van der Waals surface area contributed by atoms with Crippen molar-refractivity contribution >= 4 is 22.5 Å². The van der Waals surface area contributed by atoms with Crippen molar-refractivity contribution in [3.8, 4) is 0 Å². The fraction of sp³-hybridized carbons (Fsp3) is 0.467. The van der Waals surface area contributed by atoms with Crippen molar-refractivity contribution in [2.75, 3.05) is 24.5 Å². The van der Waals surface area contributed by atoms with Gasteiger partial charge in [-0.25, -0.2) is 0 Å². The Bertz CT molecular complexity index is 678. The van der Waals surface area contributed by atoms with Crippen LogP contribution in [0.15, 0.2) is 24.4 Å². The van der Waals surface area contributed by atoms with Crippen molar-refractivity contribution in [1.29, 1.82) is 0 Å². The van der Waals surface area contributed by atoms with Gasteiger partial charge < -0.3 is 10.2 Å². The summed E-state index contributed by atoms with van der Waals surface area (Å²) < 4.78 is 1.97. The van der Waals surface area contributed by atoms with Gasteiger partial charge in [-0.3, -0.25) is 9.48 Å². The lowest BCUT2D eigenvalue weighted by Crippen LogP contribution is -2.30. The molecule has 20 heavy (non-hydrogen) atoms. The van der Waals surface area contributed by atoms with Crippen molar-refractivity contribution in [3.05, 3.63) is 24.4 Å². The predicted octanol–water partition coefficient (Wildman–Crippen LogP) is 1.24. The van der Waals surface area contributed by atoms with Crippen LogP contribution in [0.25, 0.3) is 10.9 Å². The summed E-state index contributed by atoms with van der Waals surface area (Å²) in [6.45, 7) is 5.53. The highest BCUT2D eigenvalue weighted by molar-refractivity contribution is 6.05. The van der Waals surface area contributed by atoms with E-state index < -0.39 is 0 Å². The second-order valence-corrected chi connectivity index (χ2v) is 5.64. The number of aromatic nitrogens is 2. The molecule has 2 aromatic rings. The summed E-state index contributed by atoms with van der Waals surface area (Å²) >= 11 is 0. The summed E-state index contributed by atoms with van der Waals surface area (Å²) in [7, 11) is 0. The van der Waals surface area contributed by atoms with E-state index in [1.807, 2.05) is 27.9 Å². The van der Waals surface area contributed by atoms with Gasteiger partial charge in [0.1, 0.15) is 0 Å². The number of nitrogens with zero attached hydrogens (tertiary/aromatic N) is 3. The zero-order valence-corrected chi connectivity index (χ0v) is 11.5. The van der Waals surface area contributed by atoms with E-state index in [4.69, 9.17) is 0 Å². The van der Waals surface area contributed by atoms with Gasteiger partial charge >= 0.3 is 0 Å². The van der Waals surface area contributed by atoms with Gasteiger partial charge in [0.25, 0.3) is 0 Å². The molecular formula is C15H18N4O. The van der Waals surface area contributed by atoms with Crippen LogP contribution in [0.5, 0.6) is 0 Å². The Morgan fingerprint density at radius 1 is 1.40 bits per heavy atom. The Morgan fingerprint density at radius 2 is 2.30 bits per heavy atom. The predicted molar refractivity (Wildman–Crippen MR) is 77.6 cm³/mol. The molecule has 0 saturated carbocycles. The second-order valence-electron chi connectivity index (χ2n) is 5.64. The topological polar surface area (TPSA) is 50.2 Å². The van der Waals surface area contributed by atoms with E-state index in [0.29, 0.717) is 5.92 Å². The standard InChI is InChI=1S/C15H18N4O/c1-2-19-14-5-3-4-13(12(14)8-17-19)18-9-10-6-16-7-11(10)15(18)20/h3-5,8,10-11,16H,2,6-7,9H2,1H3. The van der Waals surface area contributed by atoms with Crippen LogP contribution < -0.4 is 10.2 Å². The zero-order chi connectivity index (χ0) is 13.7. The number of nitrogens with one attached hydrogen (secondary N) is 1. The lowest BCUT2D eigenvalue weighted by Gasteiger charge is -2.18. The van der Waals surface area contributed by atoms with Gasteiger partial charge in [-0.15, -0.1) is 0 Å². The van der Waals surface area contributed by atoms with Crippen molar-refractivity contribution in [2.24, 2.45) is 11.8 Å². The van der Waals surface area contributed by atoms with E-state index >= 15 is 0 Å². The van der Waals surface area contributed by atoms with Gasteiger partial charge in [-0.1, -0.05) is 6.07 Å². The minimum atomic E-state index is 0.159. The summed E-state index contributed by atoms with van der Waals surface area (Å²) in [6.07, 6.45) is 1.88. The van der Waals surface area contributed by atoms with E-state index in [-0.39, 0.29) is 11.8 Å². The van der Waals surface area contributed by atoms with E-state index in [1.165, 1.54) is 0 Å². The molecule has 1 N–H and O–H groups in total. The van der Waals surface area contributed by atoms with Gasteiger partial charge in [0.05, 0.1) is 23.3 Å². The number of benzene rings is 1. The lowest BCUT2D eigenvalue weighted by molar-refractivity contribution is -0.120. The fourth-order valence-corrected chi connectivity index (χ4v) is 3.53. The molecule has 2 aliphatic heterocycles. The molecule has 5 nitrogen and oxygen atoms in total. The molecule has 5 heteroatoms. The van der Waals surface area contributed by atoms with Crippen molar-refractivity contribution < 1.29 is 4.79 Å². The number of fused-ring (bicyclic) bond motifs is 2. The van der Waals surface area contributed by atoms with E-state index in [2.05, 4.69) is 23.4 Å². The van der Waals surface area contributed by atoms with Crippen LogP contribution in [0.3, 0.4) is 0 Å². The van der Waals surface area contributed by atoms with Gasteiger partial charge in [-0.2, -0.15) is 5.10 Å². The van der Waals surface area contributed by atoms with Gasteiger partial charge in [0.15, 0.2) is 0 Å². The molecule has 0 bridgehead atoms. The molecule has 2 fully saturated rings. The van der Waals surface area contributed by atoms with Crippen LogP contribution in [-0.2, 0) is 11.3 Å². The zero-order valence-electron chi connectivity index (χ0n) is 11.5. The number of anilines is 1. The number of carbonyl (C=O) groups excluding carboxylic acids is 1. The molecule has 2 aliphatic rings. The third-order valence-corrected chi connectivity index (χ3v) is 4.59. The molecule has 0 radical (unpaired) electrons. The van der Waals surface area contributed by atoms with E-state index in [1.54, 1.807) is 0 Å². The molecule has 2 saturated heterocycles. The van der Waals surface area contributed by atoms with Crippen molar-refractivity contribution in [2.45, 2.75) is 13.5 Å². The molecule has 1 aromatic heterocycles. The lowest BCUT2D eigenvalue weighted by atomic mass is 10.0. The number of amides is 1. The van der Waals surface area contributed by atoms with Crippen LogP contribution >= 0.6 is 0 Å². The summed E-state index contributed by atoms with van der Waals surface area (Å²) in [5.74, 6) is 0.877. The van der Waals surface area contributed by atoms with Gasteiger partial charge in [0.2, 0.25) is 5.91 Å². The molecule has 104 valence electrons. The molecule has 2 atom stereocenters. The average molecular weight is 270 g/mol. The fourth-order valence-electron chi connectivity index (χ4n) is 3.53. The molecule has 0 aliphatic carbocycles. The normalized spacial score (nSPS) is 25.6. The maximum atomic E-state index is 12.6. The number of aryl methyl sites for hydroxylation is 1. The first kappa shape index (κ1) is 11.9. The van der Waals surface area contributed by atoms with Gasteiger partial charge in [-0.05, 0) is 19.1 Å². The minimum Gasteiger partial charge on any atom is -0.316 e. The van der Waals surface area contributed by atoms with Crippen LogP contribution in [0.4, 0.5) is 5.69 Å². The van der Waals surface area contributed by atoms with Crippen LogP contribution in [0.2, 0.25) is 0 Å². The van der Waals surface area contributed by atoms with Crippen LogP contribution in [0.1, 0.15) is 6.92 Å². The Morgan fingerprint density at radius 3 is 3.10 bits per heavy atom. The maximum absolute atomic E-state index is 12.6. The van der Waals surface area contributed by atoms with E-state index in [0.717, 1.165) is 42.8 Å². The first-order chi connectivity index (χ1) is 9.79. The third-order valence-electron chi connectivity index (χ3n) is 4.59. The molecular weight excluding hydrogens is 252 g/mol. The number of hydrogen-bond acceptors (Lipinski definition) is 3. The van der Waals surface area contributed by atoms with Crippen LogP contribution in [0, 0.1) is 11.8 Å². The number of carbonyl (C=O) groups is 1. The highest BCUT2D eigenvalue weighted by atomic mass is 16.2. The van der Waals surface area contributed by atoms with Gasteiger partial charge in [0, 0.05) is 37.5 Å². The largest absolute Gasteiger partial charge is 0.316 e. The minimum absolute atomic E-state index is 0.159. The Balaban J connectivity index is 1.79. The molecule has 1 aromatic carbocycles. The molecule has 0 spiro atoms. The highest BCUT2D eigenvalue weighted by Gasteiger charge is 2.43. The summed E-state index contributed by atoms with van der Waals surface area (Å²) in [5.41, 5.74) is 2.12. The number of hydrogen-bond donors (Lipinski definition) is 1. The summed E-state index contributed by atoms with van der Waals surface area (Å²) in [4.78, 5) is 14.5. The Labute approximate surface area is 117 Å². The van der Waals surface area contributed by atoms with Crippen molar-refractivity contribution in [3.63, 3.8) is 0 Å².